The highest BCUT2D eigenvalue weighted by Gasteiger charge is 2.13. The first-order valence-corrected chi connectivity index (χ1v) is 8.86. The third kappa shape index (κ3) is 4.58. The van der Waals surface area contributed by atoms with E-state index in [0.717, 1.165) is 16.9 Å². The van der Waals surface area contributed by atoms with Crippen LogP contribution in [-0.4, -0.2) is 17.7 Å². The zero-order valence-corrected chi connectivity index (χ0v) is 14.4. The van der Waals surface area contributed by atoms with Crippen LogP contribution < -0.4 is 4.74 Å². The number of thiophene rings is 1. The van der Waals surface area contributed by atoms with E-state index in [1.54, 1.807) is 6.08 Å². The number of hydrogen-bond donors (Lipinski definition) is 1. The van der Waals surface area contributed by atoms with Crippen molar-refractivity contribution in [2.24, 2.45) is 0 Å². The predicted molar refractivity (Wildman–Crippen MR) is 102 cm³/mol. The zero-order valence-electron chi connectivity index (χ0n) is 13.6. The second kappa shape index (κ2) is 8.31. The SMILES string of the molecule is O=C(O)/C(=C\c1ccccc1OCCc1ccccc1)c1cccs1. The molecule has 3 aromatic rings. The summed E-state index contributed by atoms with van der Waals surface area (Å²) < 4.78 is 5.90. The van der Waals surface area contributed by atoms with E-state index in [1.807, 2.05) is 60.0 Å². The largest absolute Gasteiger partial charge is 0.493 e. The van der Waals surface area contributed by atoms with Crippen molar-refractivity contribution in [1.29, 1.82) is 0 Å². The maximum absolute atomic E-state index is 11.6. The predicted octanol–water partition coefficient (Wildman–Crippen LogP) is 4.99. The van der Waals surface area contributed by atoms with Gasteiger partial charge in [0, 0.05) is 16.9 Å². The van der Waals surface area contributed by atoms with Crippen molar-refractivity contribution < 1.29 is 14.6 Å². The number of rotatable bonds is 7. The molecule has 2 aromatic carbocycles. The van der Waals surface area contributed by atoms with Gasteiger partial charge in [0.25, 0.3) is 0 Å². The molecule has 0 amide bonds. The fourth-order valence-corrected chi connectivity index (χ4v) is 3.21. The molecule has 0 atom stereocenters. The molecule has 3 nitrogen and oxygen atoms in total. The van der Waals surface area contributed by atoms with Crippen molar-refractivity contribution >= 4 is 29.0 Å². The Balaban J connectivity index is 1.78. The molecular weight excluding hydrogens is 332 g/mol. The van der Waals surface area contributed by atoms with E-state index >= 15 is 0 Å². The molecule has 0 saturated heterocycles. The molecule has 0 unspecified atom stereocenters. The molecule has 0 saturated carbocycles. The van der Waals surface area contributed by atoms with Gasteiger partial charge in [-0.3, -0.25) is 0 Å². The summed E-state index contributed by atoms with van der Waals surface area (Å²) in [5.74, 6) is -0.254. The van der Waals surface area contributed by atoms with Gasteiger partial charge in [0.2, 0.25) is 0 Å². The molecule has 0 aliphatic heterocycles. The average Bonchev–Trinajstić information content (AvgIpc) is 3.15. The Morgan fingerprint density at radius 3 is 2.48 bits per heavy atom. The van der Waals surface area contributed by atoms with Crippen molar-refractivity contribution in [3.8, 4) is 5.75 Å². The van der Waals surface area contributed by atoms with Gasteiger partial charge in [-0.15, -0.1) is 11.3 Å². The molecular formula is C21H18O3S. The van der Waals surface area contributed by atoms with Gasteiger partial charge in [-0.1, -0.05) is 54.6 Å². The zero-order chi connectivity index (χ0) is 17.5. The monoisotopic (exact) mass is 350 g/mol. The van der Waals surface area contributed by atoms with E-state index in [0.29, 0.717) is 12.4 Å². The Kier molecular flexibility index (Phi) is 5.65. The van der Waals surface area contributed by atoms with Crippen LogP contribution in [0.1, 0.15) is 16.0 Å². The van der Waals surface area contributed by atoms with E-state index in [1.165, 1.54) is 16.9 Å². The molecule has 1 aromatic heterocycles. The first-order chi connectivity index (χ1) is 12.2. The minimum absolute atomic E-state index is 0.272. The fraction of sp³-hybridized carbons (Fsp3) is 0.0952. The summed E-state index contributed by atoms with van der Waals surface area (Å²) in [4.78, 5) is 12.3. The fourth-order valence-electron chi connectivity index (χ4n) is 2.48. The first-order valence-electron chi connectivity index (χ1n) is 7.98. The maximum Gasteiger partial charge on any atom is 0.337 e. The highest BCUT2D eigenvalue weighted by molar-refractivity contribution is 7.11. The molecule has 0 radical (unpaired) electrons. The van der Waals surface area contributed by atoms with Gasteiger partial charge in [-0.25, -0.2) is 4.79 Å². The number of carboxylic acid groups (broad SMARTS) is 1. The van der Waals surface area contributed by atoms with E-state index in [2.05, 4.69) is 12.1 Å². The van der Waals surface area contributed by atoms with Gasteiger partial charge >= 0.3 is 5.97 Å². The third-order valence-electron chi connectivity index (χ3n) is 3.73. The van der Waals surface area contributed by atoms with Gasteiger partial charge in [-0.2, -0.15) is 0 Å². The van der Waals surface area contributed by atoms with Crippen LogP contribution in [0.3, 0.4) is 0 Å². The molecule has 25 heavy (non-hydrogen) atoms. The lowest BCUT2D eigenvalue weighted by molar-refractivity contribution is -0.130. The summed E-state index contributed by atoms with van der Waals surface area (Å²) in [7, 11) is 0. The molecule has 3 rings (SSSR count). The van der Waals surface area contributed by atoms with E-state index in [-0.39, 0.29) is 5.57 Å². The first kappa shape index (κ1) is 17.0. The number of aliphatic carboxylic acids is 1. The Hall–Kier alpha value is -2.85. The van der Waals surface area contributed by atoms with Gasteiger partial charge in [0.1, 0.15) is 5.75 Å². The summed E-state index contributed by atoms with van der Waals surface area (Å²) in [5.41, 5.74) is 2.25. The van der Waals surface area contributed by atoms with Gasteiger partial charge in [0.05, 0.1) is 12.2 Å². The van der Waals surface area contributed by atoms with Crippen LogP contribution in [-0.2, 0) is 11.2 Å². The summed E-state index contributed by atoms with van der Waals surface area (Å²) in [5, 5.41) is 11.4. The molecule has 1 N–H and O–H groups in total. The summed E-state index contributed by atoms with van der Waals surface area (Å²) in [6, 6.07) is 21.3. The second-order valence-electron chi connectivity index (χ2n) is 5.46. The molecule has 0 aliphatic carbocycles. The Labute approximate surface area is 150 Å². The minimum atomic E-state index is -0.943. The van der Waals surface area contributed by atoms with Crippen LogP contribution in [0.25, 0.3) is 11.6 Å². The smallest absolute Gasteiger partial charge is 0.337 e. The number of para-hydroxylation sites is 1. The Morgan fingerprint density at radius 1 is 1.00 bits per heavy atom. The van der Waals surface area contributed by atoms with Crippen LogP contribution in [0, 0.1) is 0 Å². The lowest BCUT2D eigenvalue weighted by Gasteiger charge is -2.10. The summed E-state index contributed by atoms with van der Waals surface area (Å²) in [6.45, 7) is 0.538. The number of ether oxygens (including phenoxy) is 1. The molecule has 1 heterocycles. The minimum Gasteiger partial charge on any atom is -0.493 e. The maximum atomic E-state index is 11.6. The van der Waals surface area contributed by atoms with Crippen molar-refractivity contribution in [2.75, 3.05) is 6.61 Å². The standard InChI is InChI=1S/C21H18O3S/c22-21(23)18(20-11-6-14-25-20)15-17-9-4-5-10-19(17)24-13-12-16-7-2-1-3-8-16/h1-11,14-15H,12-13H2,(H,22,23)/b18-15-. The van der Waals surface area contributed by atoms with E-state index < -0.39 is 5.97 Å². The summed E-state index contributed by atoms with van der Waals surface area (Å²) in [6.07, 6.45) is 2.47. The summed E-state index contributed by atoms with van der Waals surface area (Å²) >= 11 is 1.41. The lowest BCUT2D eigenvalue weighted by Crippen LogP contribution is -2.03. The van der Waals surface area contributed by atoms with Gasteiger partial charge < -0.3 is 9.84 Å². The normalized spacial score (nSPS) is 11.3. The topological polar surface area (TPSA) is 46.5 Å². The van der Waals surface area contributed by atoms with Crippen LogP contribution in [0.15, 0.2) is 72.1 Å². The van der Waals surface area contributed by atoms with Crippen LogP contribution in [0.2, 0.25) is 0 Å². The van der Waals surface area contributed by atoms with Gasteiger partial charge in [0.15, 0.2) is 0 Å². The van der Waals surface area contributed by atoms with Crippen LogP contribution in [0.5, 0.6) is 5.75 Å². The number of hydrogen-bond acceptors (Lipinski definition) is 3. The van der Waals surface area contributed by atoms with Crippen LogP contribution in [0.4, 0.5) is 0 Å². The molecule has 0 spiro atoms. The highest BCUT2D eigenvalue weighted by atomic mass is 32.1. The molecule has 0 fully saturated rings. The number of benzene rings is 2. The molecule has 4 heteroatoms. The average molecular weight is 350 g/mol. The van der Waals surface area contributed by atoms with Gasteiger partial charge in [-0.05, 0) is 29.2 Å². The second-order valence-corrected chi connectivity index (χ2v) is 6.41. The Morgan fingerprint density at radius 2 is 1.76 bits per heavy atom. The van der Waals surface area contributed by atoms with Crippen molar-refractivity contribution in [2.45, 2.75) is 6.42 Å². The van der Waals surface area contributed by atoms with Crippen molar-refractivity contribution in [1.82, 2.24) is 0 Å². The molecule has 0 bridgehead atoms. The highest BCUT2D eigenvalue weighted by Crippen LogP contribution is 2.27. The number of carboxylic acids is 1. The van der Waals surface area contributed by atoms with Crippen molar-refractivity contribution in [3.05, 3.63) is 88.1 Å². The van der Waals surface area contributed by atoms with E-state index in [4.69, 9.17) is 4.74 Å². The number of carbonyl (C=O) groups is 1. The lowest BCUT2D eigenvalue weighted by atomic mass is 10.1. The van der Waals surface area contributed by atoms with E-state index in [9.17, 15) is 9.90 Å². The van der Waals surface area contributed by atoms with Crippen molar-refractivity contribution in [3.63, 3.8) is 0 Å². The Bertz CT molecular complexity index is 852. The molecule has 126 valence electrons. The quantitative estimate of drug-likeness (QED) is 0.610. The van der Waals surface area contributed by atoms with Crippen LogP contribution >= 0.6 is 11.3 Å². The molecule has 0 aliphatic rings. The third-order valence-corrected chi connectivity index (χ3v) is 4.63.